The Morgan fingerprint density at radius 2 is 2.17 bits per heavy atom. The molecular formula is C16H17N3O5. The molecule has 1 saturated heterocycles. The number of carboxylic acid groups (broad SMARTS) is 1. The number of hydrogen-bond acceptors (Lipinski definition) is 4. The first-order chi connectivity index (χ1) is 11.5. The van der Waals surface area contributed by atoms with Crippen molar-refractivity contribution in [2.45, 2.75) is 24.9 Å². The maximum Gasteiger partial charge on any atom is 0.407 e. The monoisotopic (exact) mass is 331 g/mol. The van der Waals surface area contributed by atoms with Crippen molar-refractivity contribution in [2.75, 3.05) is 6.61 Å². The maximum absolute atomic E-state index is 12.2. The second-order valence-electron chi connectivity index (χ2n) is 5.58. The first kappa shape index (κ1) is 15.9. The molecule has 8 nitrogen and oxygen atoms in total. The largest absolute Gasteiger partial charge is 0.480 e. The summed E-state index contributed by atoms with van der Waals surface area (Å²) < 4.78 is 4.69. The molecule has 0 radical (unpaired) electrons. The van der Waals surface area contributed by atoms with E-state index in [-0.39, 0.29) is 13.0 Å². The zero-order valence-electron chi connectivity index (χ0n) is 12.7. The summed E-state index contributed by atoms with van der Waals surface area (Å²) >= 11 is 0. The number of fused-ring (bicyclic) bond motifs is 1. The van der Waals surface area contributed by atoms with Crippen molar-refractivity contribution < 1.29 is 24.2 Å². The standard InChI is InChI=1S/C16H17N3O5/c20-14(12-5-6-24-16(23)19-12)18-13(15(21)22)7-9-8-17-11-4-2-1-3-10(9)11/h1-4,8,12-13,17H,5-7H2,(H,18,20)(H,19,23)(H,21,22)/t12?,13-/m1/s1. The number of amides is 2. The van der Waals surface area contributed by atoms with E-state index in [2.05, 4.69) is 15.6 Å². The molecule has 2 amide bonds. The van der Waals surface area contributed by atoms with Gasteiger partial charge in [-0.3, -0.25) is 4.79 Å². The Kier molecular flexibility index (Phi) is 4.37. The SMILES string of the molecule is O=C1NC(C(=O)N[C@H](Cc2c[nH]c3ccccc23)C(=O)O)CCO1. The second-order valence-corrected chi connectivity index (χ2v) is 5.58. The first-order valence-corrected chi connectivity index (χ1v) is 7.56. The smallest absolute Gasteiger partial charge is 0.407 e. The van der Waals surface area contributed by atoms with E-state index in [1.807, 2.05) is 24.3 Å². The predicted octanol–water partition coefficient (Wildman–Crippen LogP) is 0.778. The Bertz CT molecular complexity index is 785. The quantitative estimate of drug-likeness (QED) is 0.645. The van der Waals surface area contributed by atoms with Crippen molar-refractivity contribution in [2.24, 2.45) is 0 Å². The molecule has 24 heavy (non-hydrogen) atoms. The summed E-state index contributed by atoms with van der Waals surface area (Å²) in [5.41, 5.74) is 1.70. The molecule has 2 aromatic rings. The van der Waals surface area contributed by atoms with Crippen LogP contribution in [0.3, 0.4) is 0 Å². The summed E-state index contributed by atoms with van der Waals surface area (Å²) in [6, 6.07) is 5.66. The van der Waals surface area contributed by atoms with Crippen molar-refractivity contribution in [3.05, 3.63) is 36.0 Å². The zero-order chi connectivity index (χ0) is 17.1. The third-order valence-electron chi connectivity index (χ3n) is 3.96. The average molecular weight is 331 g/mol. The number of ether oxygens (including phenoxy) is 1. The summed E-state index contributed by atoms with van der Waals surface area (Å²) in [4.78, 5) is 37.9. The third-order valence-corrected chi connectivity index (χ3v) is 3.96. The number of para-hydroxylation sites is 1. The number of aromatic nitrogens is 1. The number of carbonyl (C=O) groups is 3. The summed E-state index contributed by atoms with van der Waals surface area (Å²) in [6.45, 7) is 0.129. The number of benzene rings is 1. The van der Waals surface area contributed by atoms with Crippen molar-refractivity contribution in [3.8, 4) is 0 Å². The van der Waals surface area contributed by atoms with Crippen molar-refractivity contribution in [1.29, 1.82) is 0 Å². The van der Waals surface area contributed by atoms with E-state index in [9.17, 15) is 19.5 Å². The maximum atomic E-state index is 12.2. The Hall–Kier alpha value is -3.03. The Labute approximate surface area is 137 Å². The van der Waals surface area contributed by atoms with Gasteiger partial charge in [-0.25, -0.2) is 9.59 Å². The van der Waals surface area contributed by atoms with E-state index in [4.69, 9.17) is 4.74 Å². The van der Waals surface area contributed by atoms with Crippen LogP contribution in [-0.2, 0) is 20.7 Å². The number of cyclic esters (lactones) is 1. The Balaban J connectivity index is 1.72. The summed E-state index contributed by atoms with van der Waals surface area (Å²) in [5, 5.41) is 15.2. The zero-order valence-corrected chi connectivity index (χ0v) is 12.7. The number of aliphatic carboxylic acids is 1. The summed E-state index contributed by atoms with van der Waals surface area (Å²) in [7, 11) is 0. The van der Waals surface area contributed by atoms with Gasteiger partial charge in [-0.2, -0.15) is 0 Å². The van der Waals surface area contributed by atoms with Crippen LogP contribution in [0.5, 0.6) is 0 Å². The lowest BCUT2D eigenvalue weighted by Gasteiger charge is -2.24. The lowest BCUT2D eigenvalue weighted by molar-refractivity contribution is -0.142. The van der Waals surface area contributed by atoms with Gasteiger partial charge in [-0.05, 0) is 11.6 Å². The molecule has 0 aliphatic carbocycles. The normalized spacial score (nSPS) is 18.5. The fourth-order valence-corrected chi connectivity index (χ4v) is 2.72. The fourth-order valence-electron chi connectivity index (χ4n) is 2.72. The molecule has 0 bridgehead atoms. The number of carbonyl (C=O) groups excluding carboxylic acids is 2. The minimum Gasteiger partial charge on any atom is -0.480 e. The first-order valence-electron chi connectivity index (χ1n) is 7.56. The molecule has 2 heterocycles. The molecule has 3 rings (SSSR count). The van der Waals surface area contributed by atoms with E-state index in [0.29, 0.717) is 6.42 Å². The number of aromatic amines is 1. The van der Waals surface area contributed by atoms with E-state index in [0.717, 1.165) is 16.5 Å². The molecule has 2 atom stereocenters. The molecule has 1 unspecified atom stereocenters. The molecule has 126 valence electrons. The Morgan fingerprint density at radius 1 is 1.38 bits per heavy atom. The molecule has 1 aromatic carbocycles. The van der Waals surface area contributed by atoms with Gasteiger partial charge in [0.05, 0.1) is 6.61 Å². The summed E-state index contributed by atoms with van der Waals surface area (Å²) in [5.74, 6) is -1.66. The molecule has 1 aliphatic rings. The highest BCUT2D eigenvalue weighted by atomic mass is 16.6. The van der Waals surface area contributed by atoms with Crippen LogP contribution >= 0.6 is 0 Å². The molecule has 0 saturated carbocycles. The van der Waals surface area contributed by atoms with E-state index < -0.39 is 30.1 Å². The number of hydrogen-bond donors (Lipinski definition) is 4. The molecule has 1 aliphatic heterocycles. The van der Waals surface area contributed by atoms with Crippen LogP contribution in [0.1, 0.15) is 12.0 Å². The number of nitrogens with one attached hydrogen (secondary N) is 3. The Morgan fingerprint density at radius 3 is 2.92 bits per heavy atom. The number of rotatable bonds is 5. The van der Waals surface area contributed by atoms with Crippen molar-refractivity contribution >= 4 is 28.9 Å². The topological polar surface area (TPSA) is 121 Å². The van der Waals surface area contributed by atoms with Crippen LogP contribution < -0.4 is 10.6 Å². The number of alkyl carbamates (subject to hydrolysis) is 1. The van der Waals surface area contributed by atoms with Crippen LogP contribution in [0.4, 0.5) is 4.79 Å². The molecule has 1 fully saturated rings. The predicted molar refractivity (Wildman–Crippen MR) is 84.5 cm³/mol. The van der Waals surface area contributed by atoms with Crippen LogP contribution in [-0.4, -0.2) is 46.8 Å². The van der Waals surface area contributed by atoms with Gasteiger partial charge in [-0.15, -0.1) is 0 Å². The molecule has 1 aromatic heterocycles. The van der Waals surface area contributed by atoms with Crippen LogP contribution in [0.25, 0.3) is 10.9 Å². The average Bonchev–Trinajstić information content (AvgIpc) is 2.97. The van der Waals surface area contributed by atoms with Crippen LogP contribution in [0, 0.1) is 0 Å². The minimum atomic E-state index is -1.13. The fraction of sp³-hybridized carbons (Fsp3) is 0.312. The molecule has 8 heteroatoms. The van der Waals surface area contributed by atoms with Gasteiger partial charge in [0.1, 0.15) is 12.1 Å². The number of H-pyrrole nitrogens is 1. The second kappa shape index (κ2) is 6.61. The van der Waals surface area contributed by atoms with Gasteiger partial charge in [0.15, 0.2) is 0 Å². The molecule has 4 N–H and O–H groups in total. The van der Waals surface area contributed by atoms with E-state index in [1.54, 1.807) is 6.20 Å². The van der Waals surface area contributed by atoms with Crippen molar-refractivity contribution in [3.63, 3.8) is 0 Å². The molecule has 0 spiro atoms. The van der Waals surface area contributed by atoms with E-state index in [1.165, 1.54) is 0 Å². The van der Waals surface area contributed by atoms with Crippen molar-refractivity contribution in [1.82, 2.24) is 15.6 Å². The van der Waals surface area contributed by atoms with E-state index >= 15 is 0 Å². The van der Waals surface area contributed by atoms with Gasteiger partial charge < -0.3 is 25.5 Å². The highest BCUT2D eigenvalue weighted by Crippen LogP contribution is 2.19. The van der Waals surface area contributed by atoms with Gasteiger partial charge >= 0.3 is 12.1 Å². The van der Waals surface area contributed by atoms with Crippen LogP contribution in [0.2, 0.25) is 0 Å². The lowest BCUT2D eigenvalue weighted by atomic mass is 10.0. The summed E-state index contributed by atoms with van der Waals surface area (Å²) in [6.07, 6.45) is 1.51. The third kappa shape index (κ3) is 3.32. The van der Waals surface area contributed by atoms with Gasteiger partial charge in [0.25, 0.3) is 0 Å². The lowest BCUT2D eigenvalue weighted by Crippen LogP contribution is -2.54. The highest BCUT2D eigenvalue weighted by Gasteiger charge is 2.29. The van der Waals surface area contributed by atoms with Gasteiger partial charge in [0.2, 0.25) is 5.91 Å². The molecular weight excluding hydrogens is 314 g/mol. The van der Waals surface area contributed by atoms with Crippen LogP contribution in [0.15, 0.2) is 30.5 Å². The van der Waals surface area contributed by atoms with Gasteiger partial charge in [0, 0.05) is 29.9 Å². The minimum absolute atomic E-state index is 0.129. The highest BCUT2D eigenvalue weighted by molar-refractivity contribution is 5.90. The number of carboxylic acids is 1. The van der Waals surface area contributed by atoms with Gasteiger partial charge in [-0.1, -0.05) is 18.2 Å².